The van der Waals surface area contributed by atoms with Crippen LogP contribution in [-0.4, -0.2) is 60.4 Å². The van der Waals surface area contributed by atoms with E-state index >= 15 is 0 Å². The van der Waals surface area contributed by atoms with Gasteiger partial charge in [0, 0.05) is 37.8 Å². The average molecular weight is 458 g/mol. The summed E-state index contributed by atoms with van der Waals surface area (Å²) in [4.78, 5) is 49.6. The third-order valence-electron chi connectivity index (χ3n) is 5.64. The van der Waals surface area contributed by atoms with Gasteiger partial charge < -0.3 is 9.64 Å². The lowest BCUT2D eigenvalue weighted by atomic mass is 10.1. The van der Waals surface area contributed by atoms with E-state index in [1.54, 1.807) is 36.0 Å². The van der Waals surface area contributed by atoms with Crippen molar-refractivity contribution in [2.75, 3.05) is 31.2 Å². The standard InChI is InChI=1S/C20H20ClN7O4/c1-24-16-15(17(30)25(2)20(24)31)28-18(22-16)23-19(26-7-9-32-10-8-26)27(28)11-14(29)12-3-5-13(21)6-4-12/h3-6H,7-11H2,1-2H3. The molecule has 0 radical (unpaired) electrons. The number of rotatable bonds is 4. The second-order valence-corrected chi connectivity index (χ2v) is 8.04. The molecule has 0 amide bonds. The zero-order valence-electron chi connectivity index (χ0n) is 17.5. The zero-order valence-corrected chi connectivity index (χ0v) is 18.2. The lowest BCUT2D eigenvalue weighted by Gasteiger charge is -2.27. The van der Waals surface area contributed by atoms with Crippen LogP contribution >= 0.6 is 11.6 Å². The summed E-state index contributed by atoms with van der Waals surface area (Å²) in [5, 5.41) is 0.533. The Bertz CT molecular complexity index is 1470. The molecule has 166 valence electrons. The number of carbonyl (C=O) groups is 1. The van der Waals surface area contributed by atoms with E-state index in [9.17, 15) is 14.4 Å². The Balaban J connectivity index is 1.74. The molecule has 0 spiro atoms. The largest absolute Gasteiger partial charge is 0.378 e. The number of halogens is 1. The molecule has 0 saturated carbocycles. The molecule has 1 fully saturated rings. The van der Waals surface area contributed by atoms with Crippen molar-refractivity contribution in [2.24, 2.45) is 14.1 Å². The summed E-state index contributed by atoms with van der Waals surface area (Å²) in [5.74, 6) is 0.568. The van der Waals surface area contributed by atoms with Gasteiger partial charge in [-0.15, -0.1) is 0 Å². The van der Waals surface area contributed by atoms with Crippen LogP contribution in [0.3, 0.4) is 0 Å². The highest BCUT2D eigenvalue weighted by atomic mass is 35.5. The molecule has 32 heavy (non-hydrogen) atoms. The highest BCUT2D eigenvalue weighted by Crippen LogP contribution is 2.21. The third-order valence-corrected chi connectivity index (χ3v) is 5.90. The Labute approximate surface area is 186 Å². The molecule has 0 N–H and O–H groups in total. The number of aromatic nitrogens is 6. The number of anilines is 1. The van der Waals surface area contributed by atoms with E-state index in [1.807, 2.05) is 4.90 Å². The van der Waals surface area contributed by atoms with Gasteiger partial charge in [-0.2, -0.15) is 9.97 Å². The van der Waals surface area contributed by atoms with Crippen LogP contribution in [0, 0.1) is 0 Å². The van der Waals surface area contributed by atoms with Crippen molar-refractivity contribution < 1.29 is 9.53 Å². The lowest BCUT2D eigenvalue weighted by Crippen LogP contribution is -2.39. The van der Waals surface area contributed by atoms with E-state index in [0.717, 1.165) is 4.57 Å². The Morgan fingerprint density at radius 1 is 1.06 bits per heavy atom. The fraction of sp³-hybridized carbons (Fsp3) is 0.350. The highest BCUT2D eigenvalue weighted by molar-refractivity contribution is 6.30. The van der Waals surface area contributed by atoms with Gasteiger partial charge >= 0.3 is 5.69 Å². The van der Waals surface area contributed by atoms with Gasteiger partial charge in [-0.25, -0.2) is 14.0 Å². The maximum atomic E-state index is 13.1. The number of ether oxygens (including phenoxy) is 1. The van der Waals surface area contributed by atoms with Crippen LogP contribution in [0.15, 0.2) is 33.9 Å². The molecule has 0 unspecified atom stereocenters. The molecule has 1 aliphatic heterocycles. The maximum Gasteiger partial charge on any atom is 0.332 e. The van der Waals surface area contributed by atoms with Gasteiger partial charge in [-0.3, -0.25) is 18.7 Å². The van der Waals surface area contributed by atoms with Crippen LogP contribution in [0.5, 0.6) is 0 Å². The minimum absolute atomic E-state index is 0.0811. The predicted octanol–water partition coefficient (Wildman–Crippen LogP) is 0.454. The summed E-state index contributed by atoms with van der Waals surface area (Å²) in [7, 11) is 2.95. The van der Waals surface area contributed by atoms with E-state index < -0.39 is 11.2 Å². The van der Waals surface area contributed by atoms with Crippen molar-refractivity contribution in [3.63, 3.8) is 0 Å². The van der Waals surface area contributed by atoms with E-state index in [2.05, 4.69) is 9.97 Å². The maximum absolute atomic E-state index is 13.1. The Kier molecular flexibility index (Phi) is 4.86. The Hall–Kier alpha value is -3.44. The van der Waals surface area contributed by atoms with Crippen LogP contribution < -0.4 is 16.1 Å². The second-order valence-electron chi connectivity index (χ2n) is 7.60. The van der Waals surface area contributed by atoms with E-state index in [-0.39, 0.29) is 29.3 Å². The topological polar surface area (TPSA) is 109 Å². The first-order chi connectivity index (χ1) is 15.4. The number of carbonyl (C=O) groups excluding carboxylic acids is 1. The average Bonchev–Trinajstić information content (AvgIpc) is 3.34. The van der Waals surface area contributed by atoms with Crippen LogP contribution in [0.4, 0.5) is 5.95 Å². The Morgan fingerprint density at radius 2 is 1.75 bits per heavy atom. The number of aryl methyl sites for hydroxylation is 1. The summed E-state index contributed by atoms with van der Waals surface area (Å²) in [6.45, 7) is 2.14. The SMILES string of the molecule is Cn1c(=O)c2c(nc3nc(N4CCOCC4)n(CC(=O)c4ccc(Cl)cc4)n32)n(C)c1=O. The zero-order chi connectivity index (χ0) is 22.6. The van der Waals surface area contributed by atoms with E-state index in [0.29, 0.717) is 42.8 Å². The first-order valence-electron chi connectivity index (χ1n) is 10.0. The molecule has 1 aliphatic rings. The first-order valence-corrected chi connectivity index (χ1v) is 10.4. The fourth-order valence-corrected chi connectivity index (χ4v) is 4.04. The molecule has 12 heteroatoms. The van der Waals surface area contributed by atoms with Gasteiger partial charge in [0.1, 0.15) is 6.54 Å². The molecule has 1 saturated heterocycles. The molecule has 4 heterocycles. The molecular formula is C20H20ClN7O4. The number of benzene rings is 1. The molecule has 0 atom stereocenters. The molecule has 5 rings (SSSR count). The minimum atomic E-state index is -0.510. The fourth-order valence-electron chi connectivity index (χ4n) is 3.91. The van der Waals surface area contributed by atoms with Crippen molar-refractivity contribution in [3.8, 4) is 0 Å². The molecule has 3 aromatic heterocycles. The smallest absolute Gasteiger partial charge is 0.332 e. The van der Waals surface area contributed by atoms with Crippen molar-refractivity contribution >= 4 is 40.3 Å². The molecule has 1 aromatic carbocycles. The summed E-state index contributed by atoms with van der Waals surface area (Å²) >= 11 is 5.95. The van der Waals surface area contributed by atoms with Gasteiger partial charge in [-0.05, 0) is 24.3 Å². The molecule has 0 aliphatic carbocycles. The number of fused-ring (bicyclic) bond motifs is 3. The van der Waals surface area contributed by atoms with Crippen LogP contribution in [0.2, 0.25) is 5.02 Å². The van der Waals surface area contributed by atoms with Crippen LogP contribution in [0.1, 0.15) is 10.4 Å². The lowest BCUT2D eigenvalue weighted by molar-refractivity contribution is 0.0965. The number of hydrogen-bond donors (Lipinski definition) is 0. The summed E-state index contributed by atoms with van der Waals surface area (Å²) < 4.78 is 10.9. The monoisotopic (exact) mass is 457 g/mol. The van der Waals surface area contributed by atoms with Crippen molar-refractivity contribution in [1.82, 2.24) is 28.3 Å². The van der Waals surface area contributed by atoms with Crippen molar-refractivity contribution in [1.29, 1.82) is 0 Å². The number of hydrogen-bond acceptors (Lipinski definition) is 7. The first kappa shape index (κ1) is 20.5. The van der Waals surface area contributed by atoms with E-state index in [1.165, 1.54) is 16.1 Å². The van der Waals surface area contributed by atoms with Gasteiger partial charge in [0.2, 0.25) is 5.95 Å². The Morgan fingerprint density at radius 3 is 2.44 bits per heavy atom. The van der Waals surface area contributed by atoms with Gasteiger partial charge in [0.15, 0.2) is 16.9 Å². The number of nitrogens with zero attached hydrogens (tertiary/aromatic N) is 7. The van der Waals surface area contributed by atoms with Crippen molar-refractivity contribution in [3.05, 3.63) is 55.7 Å². The third kappa shape index (κ3) is 3.12. The molecule has 4 aromatic rings. The highest BCUT2D eigenvalue weighted by Gasteiger charge is 2.26. The number of morpholine rings is 1. The minimum Gasteiger partial charge on any atom is -0.378 e. The second kappa shape index (κ2) is 7.61. The number of Topliss-reactive ketones (excluding diaryl/α,β-unsaturated/α-hetero) is 1. The van der Waals surface area contributed by atoms with Gasteiger partial charge in [0.05, 0.1) is 13.2 Å². The van der Waals surface area contributed by atoms with Crippen molar-refractivity contribution in [2.45, 2.75) is 6.54 Å². The quantitative estimate of drug-likeness (QED) is 0.409. The summed E-state index contributed by atoms with van der Waals surface area (Å²) in [5.41, 5.74) is -0.124. The predicted molar refractivity (Wildman–Crippen MR) is 118 cm³/mol. The summed E-state index contributed by atoms with van der Waals surface area (Å²) in [6.07, 6.45) is 0. The summed E-state index contributed by atoms with van der Waals surface area (Å²) in [6, 6.07) is 6.61. The normalized spacial score (nSPS) is 14.5. The molecule has 11 nitrogen and oxygen atoms in total. The van der Waals surface area contributed by atoms with Crippen LogP contribution in [-0.2, 0) is 25.4 Å². The molecular weight excluding hydrogens is 438 g/mol. The van der Waals surface area contributed by atoms with Gasteiger partial charge in [-0.1, -0.05) is 11.6 Å². The number of ketones is 1. The molecule has 0 bridgehead atoms. The van der Waals surface area contributed by atoms with Gasteiger partial charge in [0.25, 0.3) is 11.3 Å². The van der Waals surface area contributed by atoms with Crippen LogP contribution in [0.25, 0.3) is 16.9 Å². The number of imidazole rings is 1. The van der Waals surface area contributed by atoms with E-state index in [4.69, 9.17) is 16.3 Å².